The average Bonchev–Trinajstić information content (AvgIpc) is 2.47. The van der Waals surface area contributed by atoms with E-state index in [2.05, 4.69) is 0 Å². The van der Waals surface area contributed by atoms with Gasteiger partial charge in [-0.3, -0.25) is 0 Å². The SMILES string of the molecule is N#CCCN(CCC#N)C(=O)N(CCC#N)CCC#N. The molecule has 104 valence electrons. The molecule has 0 aromatic carbocycles. The second-order valence-corrected chi connectivity index (χ2v) is 3.89. The second kappa shape index (κ2) is 11.3. The van der Waals surface area contributed by atoms with Crippen LogP contribution in [0.25, 0.3) is 0 Å². The number of nitriles is 4. The van der Waals surface area contributed by atoms with Crippen LogP contribution >= 0.6 is 0 Å². The third kappa shape index (κ3) is 6.84. The normalized spacial score (nSPS) is 8.60. The summed E-state index contributed by atoms with van der Waals surface area (Å²) in [5.74, 6) is 0. The van der Waals surface area contributed by atoms with E-state index in [1.54, 1.807) is 0 Å². The molecular formula is C13H16N6O. The molecule has 0 spiro atoms. The van der Waals surface area contributed by atoms with Crippen molar-refractivity contribution in [3.8, 4) is 24.3 Å². The molecule has 0 heterocycles. The second-order valence-electron chi connectivity index (χ2n) is 3.89. The smallest absolute Gasteiger partial charge is 0.320 e. The summed E-state index contributed by atoms with van der Waals surface area (Å²) in [6.07, 6.45) is 0.728. The molecule has 0 atom stereocenters. The van der Waals surface area contributed by atoms with Crippen molar-refractivity contribution in [1.29, 1.82) is 21.0 Å². The molecule has 0 aliphatic carbocycles. The van der Waals surface area contributed by atoms with Crippen molar-refractivity contribution in [2.45, 2.75) is 25.7 Å². The minimum atomic E-state index is -0.332. The lowest BCUT2D eigenvalue weighted by atomic mass is 10.3. The summed E-state index contributed by atoms with van der Waals surface area (Å²) in [5.41, 5.74) is 0. The van der Waals surface area contributed by atoms with Gasteiger partial charge in [0.2, 0.25) is 0 Å². The molecule has 0 saturated heterocycles. The summed E-state index contributed by atoms with van der Waals surface area (Å²) >= 11 is 0. The maximum atomic E-state index is 12.3. The van der Waals surface area contributed by atoms with Gasteiger partial charge in [0.15, 0.2) is 0 Å². The van der Waals surface area contributed by atoms with Crippen molar-refractivity contribution in [1.82, 2.24) is 9.80 Å². The van der Waals surface area contributed by atoms with Gasteiger partial charge >= 0.3 is 6.03 Å². The van der Waals surface area contributed by atoms with Crippen LogP contribution < -0.4 is 0 Å². The molecular weight excluding hydrogens is 256 g/mol. The molecule has 0 aliphatic rings. The van der Waals surface area contributed by atoms with E-state index in [0.717, 1.165) is 0 Å². The molecule has 0 unspecified atom stereocenters. The van der Waals surface area contributed by atoms with Crippen molar-refractivity contribution in [2.24, 2.45) is 0 Å². The van der Waals surface area contributed by atoms with Gasteiger partial charge in [-0.15, -0.1) is 0 Å². The van der Waals surface area contributed by atoms with E-state index in [1.165, 1.54) is 9.80 Å². The summed E-state index contributed by atoms with van der Waals surface area (Å²) in [6.45, 7) is 0.971. The fourth-order valence-electron chi connectivity index (χ4n) is 1.55. The number of hydrogen-bond donors (Lipinski definition) is 0. The van der Waals surface area contributed by atoms with Gasteiger partial charge in [0.1, 0.15) is 0 Å². The Morgan fingerprint density at radius 3 is 1.10 bits per heavy atom. The first kappa shape index (κ1) is 17.2. The fourth-order valence-corrected chi connectivity index (χ4v) is 1.55. The first-order valence-corrected chi connectivity index (χ1v) is 6.22. The molecule has 0 bridgehead atoms. The van der Waals surface area contributed by atoms with E-state index in [0.29, 0.717) is 0 Å². The maximum Gasteiger partial charge on any atom is 0.320 e. The van der Waals surface area contributed by atoms with Gasteiger partial charge in [-0.25, -0.2) is 4.79 Å². The third-order valence-corrected chi connectivity index (χ3v) is 2.52. The lowest BCUT2D eigenvalue weighted by molar-refractivity contribution is 0.156. The molecule has 0 rings (SSSR count). The van der Waals surface area contributed by atoms with Crippen molar-refractivity contribution >= 4 is 6.03 Å². The molecule has 2 amide bonds. The Morgan fingerprint density at radius 2 is 0.900 bits per heavy atom. The number of amides is 2. The molecule has 0 N–H and O–H groups in total. The maximum absolute atomic E-state index is 12.3. The van der Waals surface area contributed by atoms with E-state index < -0.39 is 0 Å². The zero-order chi connectivity index (χ0) is 15.2. The largest absolute Gasteiger partial charge is 0.323 e. The molecule has 0 aromatic heterocycles. The number of carbonyl (C=O) groups is 1. The van der Waals surface area contributed by atoms with Gasteiger partial charge in [0, 0.05) is 26.2 Å². The highest BCUT2D eigenvalue weighted by Gasteiger charge is 2.19. The number of carbonyl (C=O) groups excluding carboxylic acids is 1. The van der Waals surface area contributed by atoms with Gasteiger partial charge in [0.05, 0.1) is 50.0 Å². The van der Waals surface area contributed by atoms with Gasteiger partial charge in [-0.05, 0) is 0 Å². The van der Waals surface area contributed by atoms with Crippen molar-refractivity contribution in [2.75, 3.05) is 26.2 Å². The number of hydrogen-bond acceptors (Lipinski definition) is 5. The highest BCUT2D eigenvalue weighted by atomic mass is 16.2. The van der Waals surface area contributed by atoms with Crippen LogP contribution in [0.4, 0.5) is 4.79 Å². The van der Waals surface area contributed by atoms with Crippen LogP contribution in [-0.4, -0.2) is 42.0 Å². The van der Waals surface area contributed by atoms with Crippen LogP contribution in [-0.2, 0) is 0 Å². The monoisotopic (exact) mass is 272 g/mol. The van der Waals surface area contributed by atoms with Crippen LogP contribution in [0.1, 0.15) is 25.7 Å². The van der Waals surface area contributed by atoms with Gasteiger partial charge < -0.3 is 9.80 Å². The molecule has 7 heteroatoms. The fraction of sp³-hybridized carbons (Fsp3) is 0.615. The third-order valence-electron chi connectivity index (χ3n) is 2.52. The Bertz CT molecular complexity index is 383. The summed E-state index contributed by atoms with van der Waals surface area (Å²) in [5, 5.41) is 34.4. The highest BCUT2D eigenvalue weighted by molar-refractivity contribution is 5.74. The van der Waals surface area contributed by atoms with E-state index in [-0.39, 0.29) is 57.9 Å². The van der Waals surface area contributed by atoms with Crippen LogP contribution in [0.5, 0.6) is 0 Å². The zero-order valence-corrected chi connectivity index (χ0v) is 11.2. The first-order chi connectivity index (χ1) is 9.71. The lowest BCUT2D eigenvalue weighted by Gasteiger charge is -2.29. The van der Waals surface area contributed by atoms with Crippen LogP contribution in [0, 0.1) is 45.3 Å². The Hall–Kier alpha value is -2.77. The quantitative estimate of drug-likeness (QED) is 0.660. The first-order valence-electron chi connectivity index (χ1n) is 6.22. The lowest BCUT2D eigenvalue weighted by Crippen LogP contribution is -2.44. The summed E-state index contributed by atoms with van der Waals surface area (Å²) in [7, 11) is 0. The van der Waals surface area contributed by atoms with Crippen LogP contribution in [0.15, 0.2) is 0 Å². The molecule has 0 aromatic rings. The number of rotatable bonds is 8. The van der Waals surface area contributed by atoms with Crippen LogP contribution in [0.2, 0.25) is 0 Å². The predicted molar refractivity (Wildman–Crippen MR) is 69.5 cm³/mol. The van der Waals surface area contributed by atoms with E-state index >= 15 is 0 Å². The minimum Gasteiger partial charge on any atom is -0.323 e. The summed E-state index contributed by atoms with van der Waals surface area (Å²) in [6, 6.07) is 7.49. The van der Waals surface area contributed by atoms with E-state index in [1.807, 2.05) is 24.3 Å². The van der Waals surface area contributed by atoms with E-state index in [4.69, 9.17) is 21.0 Å². The Morgan fingerprint density at radius 1 is 0.650 bits per heavy atom. The minimum absolute atomic E-state index is 0.182. The van der Waals surface area contributed by atoms with Crippen LogP contribution in [0.3, 0.4) is 0 Å². The Labute approximate surface area is 118 Å². The summed E-state index contributed by atoms with van der Waals surface area (Å²) in [4.78, 5) is 15.1. The zero-order valence-electron chi connectivity index (χ0n) is 11.2. The van der Waals surface area contributed by atoms with Gasteiger partial charge in [-0.2, -0.15) is 21.0 Å². The van der Waals surface area contributed by atoms with Crippen molar-refractivity contribution in [3.63, 3.8) is 0 Å². The van der Waals surface area contributed by atoms with Gasteiger partial charge in [-0.1, -0.05) is 0 Å². The average molecular weight is 272 g/mol. The van der Waals surface area contributed by atoms with Crippen molar-refractivity contribution < 1.29 is 4.79 Å². The highest BCUT2D eigenvalue weighted by Crippen LogP contribution is 2.04. The Kier molecular flexibility index (Phi) is 9.76. The molecule has 7 nitrogen and oxygen atoms in total. The molecule has 0 aliphatic heterocycles. The molecule has 0 saturated carbocycles. The molecule has 0 radical (unpaired) electrons. The Balaban J connectivity index is 4.74. The molecule has 0 fully saturated rings. The molecule has 20 heavy (non-hydrogen) atoms. The summed E-state index contributed by atoms with van der Waals surface area (Å²) < 4.78 is 0. The van der Waals surface area contributed by atoms with Crippen molar-refractivity contribution in [3.05, 3.63) is 0 Å². The van der Waals surface area contributed by atoms with Gasteiger partial charge in [0.25, 0.3) is 0 Å². The van der Waals surface area contributed by atoms with E-state index in [9.17, 15) is 4.79 Å². The standard InChI is InChI=1S/C13H16N6O/c14-5-1-9-18(10-2-6-15)13(20)19(11-3-7-16)12-4-8-17/h1-4,9-12H2. The number of urea groups is 1. The predicted octanol–water partition coefficient (Wildman–Crippen LogP) is 1.37. The number of nitrogens with zero attached hydrogens (tertiary/aromatic N) is 6. The topological polar surface area (TPSA) is 119 Å².